The highest BCUT2D eigenvalue weighted by atomic mass is 19.1. The van der Waals surface area contributed by atoms with Crippen LogP contribution in [0.4, 0.5) is 4.39 Å². The Hall–Kier alpha value is -0.890. The highest BCUT2D eigenvalue weighted by Crippen LogP contribution is 2.34. The van der Waals surface area contributed by atoms with Crippen LogP contribution in [0.25, 0.3) is 0 Å². The molecule has 1 atom stereocenters. The summed E-state index contributed by atoms with van der Waals surface area (Å²) in [5.41, 5.74) is 2.15. The molecule has 1 aromatic carbocycles. The Balaban J connectivity index is 1.91. The summed E-state index contributed by atoms with van der Waals surface area (Å²) in [6.07, 6.45) is 5.76. The van der Waals surface area contributed by atoms with Crippen LogP contribution in [0.1, 0.15) is 42.9 Å². The fourth-order valence-corrected chi connectivity index (χ4v) is 2.51. The highest BCUT2D eigenvalue weighted by molar-refractivity contribution is 5.33. The Morgan fingerprint density at radius 2 is 2.07 bits per heavy atom. The van der Waals surface area contributed by atoms with Crippen molar-refractivity contribution in [1.82, 2.24) is 5.32 Å². The molecular weight excluding hydrogens is 189 g/mol. The third-order valence-corrected chi connectivity index (χ3v) is 3.46. The van der Waals surface area contributed by atoms with Crippen LogP contribution in [-0.2, 0) is 6.42 Å². The summed E-state index contributed by atoms with van der Waals surface area (Å²) in [5, 5.41) is 3.61. The summed E-state index contributed by atoms with van der Waals surface area (Å²) in [7, 11) is 0. The number of hydrogen-bond donors (Lipinski definition) is 1. The van der Waals surface area contributed by atoms with E-state index in [-0.39, 0.29) is 5.82 Å². The molecule has 1 fully saturated rings. The van der Waals surface area contributed by atoms with E-state index in [1.807, 2.05) is 6.07 Å². The second-order valence-electron chi connectivity index (χ2n) is 4.69. The summed E-state index contributed by atoms with van der Waals surface area (Å²) in [6.45, 7) is 0. The van der Waals surface area contributed by atoms with Gasteiger partial charge in [-0.1, -0.05) is 12.1 Å². The molecule has 1 unspecified atom stereocenters. The van der Waals surface area contributed by atoms with Gasteiger partial charge >= 0.3 is 0 Å². The van der Waals surface area contributed by atoms with Crippen LogP contribution >= 0.6 is 0 Å². The van der Waals surface area contributed by atoms with Crippen LogP contribution in [0.3, 0.4) is 0 Å². The van der Waals surface area contributed by atoms with Crippen LogP contribution in [0.15, 0.2) is 18.2 Å². The van der Waals surface area contributed by atoms with Gasteiger partial charge in [-0.25, -0.2) is 4.39 Å². The summed E-state index contributed by atoms with van der Waals surface area (Å²) < 4.78 is 13.6. The van der Waals surface area contributed by atoms with Crippen molar-refractivity contribution in [3.05, 3.63) is 35.1 Å². The molecule has 0 aromatic heterocycles. The number of nitrogens with one attached hydrogen (secondary N) is 1. The average molecular weight is 205 g/mol. The minimum Gasteiger partial charge on any atom is -0.307 e. The van der Waals surface area contributed by atoms with Crippen LogP contribution in [0, 0.1) is 5.82 Å². The van der Waals surface area contributed by atoms with Crippen LogP contribution in [0.5, 0.6) is 0 Å². The van der Waals surface area contributed by atoms with E-state index in [0.29, 0.717) is 12.1 Å². The summed E-state index contributed by atoms with van der Waals surface area (Å²) in [6, 6.07) is 6.60. The summed E-state index contributed by atoms with van der Waals surface area (Å²) >= 11 is 0. The fraction of sp³-hybridized carbons (Fsp3) is 0.538. The van der Waals surface area contributed by atoms with Gasteiger partial charge in [0.1, 0.15) is 5.82 Å². The lowest BCUT2D eigenvalue weighted by Gasteiger charge is -2.26. The standard InChI is InChI=1S/C13H16FN/c14-12-5-1-4-11-10(12)3-2-6-13(11)15-9-7-8-9/h1,4-5,9,13,15H,2-3,6-8H2. The van der Waals surface area contributed by atoms with E-state index in [1.165, 1.54) is 18.4 Å². The first-order chi connectivity index (χ1) is 7.34. The molecule has 0 bridgehead atoms. The van der Waals surface area contributed by atoms with Gasteiger partial charge in [0.15, 0.2) is 0 Å². The zero-order valence-electron chi connectivity index (χ0n) is 8.80. The third-order valence-electron chi connectivity index (χ3n) is 3.46. The Bertz CT molecular complexity index is 371. The van der Waals surface area contributed by atoms with Crippen molar-refractivity contribution in [2.75, 3.05) is 0 Å². The molecule has 2 heteroatoms. The lowest BCUT2D eigenvalue weighted by Crippen LogP contribution is -2.27. The molecular formula is C13H16FN. The van der Waals surface area contributed by atoms with E-state index < -0.39 is 0 Å². The van der Waals surface area contributed by atoms with E-state index in [0.717, 1.165) is 24.8 Å². The Morgan fingerprint density at radius 1 is 1.20 bits per heavy atom. The van der Waals surface area contributed by atoms with Gasteiger partial charge in [-0.15, -0.1) is 0 Å². The van der Waals surface area contributed by atoms with Gasteiger partial charge in [0.25, 0.3) is 0 Å². The van der Waals surface area contributed by atoms with Gasteiger partial charge in [0.2, 0.25) is 0 Å². The summed E-state index contributed by atoms with van der Waals surface area (Å²) in [4.78, 5) is 0. The van der Waals surface area contributed by atoms with Crippen molar-refractivity contribution >= 4 is 0 Å². The highest BCUT2D eigenvalue weighted by Gasteiger charge is 2.28. The number of benzene rings is 1. The molecule has 15 heavy (non-hydrogen) atoms. The molecule has 1 saturated carbocycles. The Kier molecular flexibility index (Phi) is 2.24. The van der Waals surface area contributed by atoms with Crippen molar-refractivity contribution in [1.29, 1.82) is 0 Å². The maximum absolute atomic E-state index is 13.6. The van der Waals surface area contributed by atoms with E-state index in [2.05, 4.69) is 11.4 Å². The SMILES string of the molecule is Fc1cccc2c1CCCC2NC1CC1. The summed E-state index contributed by atoms with van der Waals surface area (Å²) in [5.74, 6) is -0.0187. The molecule has 1 nitrogen and oxygen atoms in total. The predicted octanol–water partition coefficient (Wildman–Crippen LogP) is 2.96. The van der Waals surface area contributed by atoms with Crippen molar-refractivity contribution in [3.8, 4) is 0 Å². The van der Waals surface area contributed by atoms with Gasteiger partial charge in [-0.2, -0.15) is 0 Å². The quantitative estimate of drug-likeness (QED) is 0.782. The van der Waals surface area contributed by atoms with E-state index in [4.69, 9.17) is 0 Å². The number of fused-ring (bicyclic) bond motifs is 1. The third kappa shape index (κ3) is 1.78. The number of hydrogen-bond acceptors (Lipinski definition) is 1. The molecule has 0 radical (unpaired) electrons. The van der Waals surface area contributed by atoms with E-state index in [9.17, 15) is 4.39 Å². The first-order valence-electron chi connectivity index (χ1n) is 5.88. The van der Waals surface area contributed by atoms with Gasteiger partial charge in [0.05, 0.1) is 0 Å². The zero-order valence-corrected chi connectivity index (χ0v) is 8.80. The topological polar surface area (TPSA) is 12.0 Å². The molecule has 0 amide bonds. The largest absolute Gasteiger partial charge is 0.307 e. The van der Waals surface area contributed by atoms with Gasteiger partial charge in [-0.3, -0.25) is 0 Å². The number of halogens is 1. The molecule has 2 aliphatic carbocycles. The van der Waals surface area contributed by atoms with Crippen molar-refractivity contribution in [2.24, 2.45) is 0 Å². The molecule has 2 aliphatic rings. The number of rotatable bonds is 2. The molecule has 1 aromatic rings. The first-order valence-corrected chi connectivity index (χ1v) is 5.88. The lowest BCUT2D eigenvalue weighted by molar-refractivity contribution is 0.446. The van der Waals surface area contributed by atoms with Crippen LogP contribution < -0.4 is 5.32 Å². The van der Waals surface area contributed by atoms with Crippen molar-refractivity contribution < 1.29 is 4.39 Å². The van der Waals surface area contributed by atoms with E-state index in [1.54, 1.807) is 6.07 Å². The molecule has 0 heterocycles. The van der Waals surface area contributed by atoms with Crippen molar-refractivity contribution in [2.45, 2.75) is 44.2 Å². The molecule has 1 N–H and O–H groups in total. The Morgan fingerprint density at radius 3 is 2.87 bits per heavy atom. The minimum atomic E-state index is -0.0187. The monoisotopic (exact) mass is 205 g/mol. The zero-order chi connectivity index (χ0) is 10.3. The van der Waals surface area contributed by atoms with Crippen molar-refractivity contribution in [3.63, 3.8) is 0 Å². The normalized spacial score (nSPS) is 25.0. The first kappa shape index (κ1) is 9.34. The minimum absolute atomic E-state index is 0.0187. The molecule has 0 spiro atoms. The Labute approximate surface area is 89.7 Å². The average Bonchev–Trinajstić information content (AvgIpc) is 3.04. The second kappa shape index (κ2) is 3.60. The molecule has 3 rings (SSSR count). The fourth-order valence-electron chi connectivity index (χ4n) is 2.51. The molecule has 0 saturated heterocycles. The van der Waals surface area contributed by atoms with Crippen LogP contribution in [0.2, 0.25) is 0 Å². The van der Waals surface area contributed by atoms with Gasteiger partial charge < -0.3 is 5.32 Å². The second-order valence-corrected chi connectivity index (χ2v) is 4.69. The molecule has 0 aliphatic heterocycles. The smallest absolute Gasteiger partial charge is 0.126 e. The lowest BCUT2D eigenvalue weighted by atomic mass is 9.87. The predicted molar refractivity (Wildman–Crippen MR) is 58.2 cm³/mol. The van der Waals surface area contributed by atoms with E-state index >= 15 is 0 Å². The maximum Gasteiger partial charge on any atom is 0.126 e. The van der Waals surface area contributed by atoms with Crippen LogP contribution in [-0.4, -0.2) is 6.04 Å². The maximum atomic E-state index is 13.6. The molecule has 80 valence electrons. The van der Waals surface area contributed by atoms with Gasteiger partial charge in [0, 0.05) is 12.1 Å². The van der Waals surface area contributed by atoms with Gasteiger partial charge in [-0.05, 0) is 49.3 Å².